The van der Waals surface area contributed by atoms with Gasteiger partial charge in [0.1, 0.15) is 10.6 Å². The van der Waals surface area contributed by atoms with Crippen LogP contribution in [0.3, 0.4) is 0 Å². The third-order valence-electron chi connectivity index (χ3n) is 4.14. The predicted molar refractivity (Wildman–Crippen MR) is 82.3 cm³/mol. The molecule has 0 aromatic carbocycles. The first-order valence-corrected chi connectivity index (χ1v) is 8.09. The lowest BCUT2D eigenvalue weighted by molar-refractivity contribution is 0.269. The predicted octanol–water partition coefficient (Wildman–Crippen LogP) is 4.65. The van der Waals surface area contributed by atoms with Crippen LogP contribution in [0.2, 0.25) is 5.28 Å². The van der Waals surface area contributed by atoms with E-state index in [0.717, 1.165) is 28.9 Å². The van der Waals surface area contributed by atoms with Crippen LogP contribution in [-0.4, -0.2) is 15.5 Å². The highest BCUT2D eigenvalue weighted by atomic mass is 35.5. The van der Waals surface area contributed by atoms with Gasteiger partial charge in [-0.25, -0.2) is 9.97 Å². The minimum Gasteiger partial charge on any atom is -0.364 e. The molecule has 0 atom stereocenters. The smallest absolute Gasteiger partial charge is 0.225 e. The van der Waals surface area contributed by atoms with Gasteiger partial charge in [-0.15, -0.1) is 11.3 Å². The van der Waals surface area contributed by atoms with Crippen LogP contribution < -0.4 is 5.32 Å². The van der Waals surface area contributed by atoms with Gasteiger partial charge in [0, 0.05) is 10.4 Å². The molecule has 2 aromatic rings. The maximum absolute atomic E-state index is 6.05. The molecule has 5 heteroatoms. The number of halogens is 1. The van der Waals surface area contributed by atoms with Crippen molar-refractivity contribution >= 4 is 39.0 Å². The molecular weight excluding hydrogens is 278 g/mol. The molecule has 3 rings (SSSR count). The van der Waals surface area contributed by atoms with Crippen molar-refractivity contribution in [2.75, 3.05) is 5.32 Å². The fraction of sp³-hybridized carbons (Fsp3) is 0.571. The third-order valence-corrected chi connectivity index (χ3v) is 5.48. The van der Waals surface area contributed by atoms with E-state index in [2.05, 4.69) is 35.2 Å². The van der Waals surface area contributed by atoms with E-state index in [0.29, 0.717) is 5.28 Å². The van der Waals surface area contributed by atoms with Gasteiger partial charge in [-0.2, -0.15) is 0 Å². The molecule has 1 aliphatic rings. The number of aromatic nitrogens is 2. The number of nitrogens with zero attached hydrogens (tertiary/aromatic N) is 2. The topological polar surface area (TPSA) is 37.8 Å². The Labute approximate surface area is 122 Å². The molecule has 1 saturated carbocycles. The number of fused-ring (bicyclic) bond motifs is 1. The molecule has 0 amide bonds. The summed E-state index contributed by atoms with van der Waals surface area (Å²) in [6.07, 6.45) is 5.89. The van der Waals surface area contributed by atoms with E-state index in [-0.39, 0.29) is 5.54 Å². The number of anilines is 1. The zero-order valence-corrected chi connectivity index (χ0v) is 12.9. The Bertz CT molecular complexity index is 598. The monoisotopic (exact) mass is 295 g/mol. The Hall–Kier alpha value is -0.870. The molecule has 0 unspecified atom stereocenters. The molecule has 1 fully saturated rings. The number of thiophene rings is 1. The minimum absolute atomic E-state index is 0.221. The second kappa shape index (κ2) is 4.91. The van der Waals surface area contributed by atoms with E-state index in [4.69, 9.17) is 11.6 Å². The average molecular weight is 296 g/mol. The quantitative estimate of drug-likeness (QED) is 0.834. The molecular formula is C14H18ClN3S. The van der Waals surface area contributed by atoms with Gasteiger partial charge in [0.2, 0.25) is 5.28 Å². The van der Waals surface area contributed by atoms with Crippen molar-refractivity contribution < 1.29 is 0 Å². The molecule has 2 heterocycles. The zero-order chi connectivity index (χ0) is 13.5. The van der Waals surface area contributed by atoms with E-state index in [9.17, 15) is 0 Å². The van der Waals surface area contributed by atoms with Crippen LogP contribution in [0.5, 0.6) is 0 Å². The zero-order valence-electron chi connectivity index (χ0n) is 11.3. The minimum atomic E-state index is 0.221. The summed E-state index contributed by atoms with van der Waals surface area (Å²) >= 11 is 7.76. The van der Waals surface area contributed by atoms with Gasteiger partial charge >= 0.3 is 0 Å². The maximum atomic E-state index is 6.05. The summed E-state index contributed by atoms with van der Waals surface area (Å²) in [5.41, 5.74) is 0.221. The Morgan fingerprint density at radius 2 is 2.16 bits per heavy atom. The van der Waals surface area contributed by atoms with Crippen molar-refractivity contribution in [1.29, 1.82) is 0 Å². The van der Waals surface area contributed by atoms with Gasteiger partial charge in [-0.05, 0) is 49.8 Å². The highest BCUT2D eigenvalue weighted by molar-refractivity contribution is 7.18. The van der Waals surface area contributed by atoms with Crippen LogP contribution in [0, 0.1) is 0 Å². The highest BCUT2D eigenvalue weighted by Gasteiger charge is 2.35. The van der Waals surface area contributed by atoms with Crippen molar-refractivity contribution in [3.8, 4) is 0 Å². The van der Waals surface area contributed by atoms with E-state index in [1.807, 2.05) is 0 Å². The Balaban J connectivity index is 2.03. The summed E-state index contributed by atoms with van der Waals surface area (Å²) in [7, 11) is 0. The molecule has 102 valence electrons. The maximum Gasteiger partial charge on any atom is 0.225 e. The second-order valence-corrected chi connectivity index (χ2v) is 6.69. The lowest BCUT2D eigenvalue weighted by Gasteiger charge is -2.42. The molecule has 0 bridgehead atoms. The fourth-order valence-corrected chi connectivity index (χ4v) is 3.82. The number of aryl methyl sites for hydroxylation is 1. The van der Waals surface area contributed by atoms with Crippen LogP contribution in [0.25, 0.3) is 10.2 Å². The van der Waals surface area contributed by atoms with Crippen LogP contribution in [0.4, 0.5) is 5.82 Å². The first-order valence-electron chi connectivity index (χ1n) is 6.90. The summed E-state index contributed by atoms with van der Waals surface area (Å²) < 4.78 is 0. The summed E-state index contributed by atoms with van der Waals surface area (Å²) in [6, 6.07) is 2.20. The van der Waals surface area contributed by atoms with Gasteiger partial charge in [0.15, 0.2) is 0 Å². The molecule has 0 saturated heterocycles. The van der Waals surface area contributed by atoms with Crippen molar-refractivity contribution in [3.63, 3.8) is 0 Å². The van der Waals surface area contributed by atoms with Crippen LogP contribution in [-0.2, 0) is 6.42 Å². The summed E-state index contributed by atoms with van der Waals surface area (Å²) in [5, 5.41) is 5.09. The number of hydrogen-bond donors (Lipinski definition) is 1. The van der Waals surface area contributed by atoms with E-state index >= 15 is 0 Å². The number of rotatable bonds is 4. The van der Waals surface area contributed by atoms with Gasteiger partial charge < -0.3 is 5.32 Å². The van der Waals surface area contributed by atoms with Crippen molar-refractivity contribution in [1.82, 2.24) is 9.97 Å². The second-order valence-electron chi connectivity index (χ2n) is 5.24. The molecule has 3 nitrogen and oxygen atoms in total. The van der Waals surface area contributed by atoms with Gasteiger partial charge in [-0.3, -0.25) is 0 Å². The van der Waals surface area contributed by atoms with Gasteiger partial charge in [-0.1, -0.05) is 13.8 Å². The van der Waals surface area contributed by atoms with Crippen LogP contribution in [0.15, 0.2) is 6.07 Å². The molecule has 2 aromatic heterocycles. The third kappa shape index (κ3) is 2.32. The average Bonchev–Trinajstić information content (AvgIpc) is 2.76. The SMILES string of the molecule is CCc1cc2c(NC3(CC)CCC3)nc(Cl)nc2s1. The Morgan fingerprint density at radius 3 is 2.74 bits per heavy atom. The fourth-order valence-electron chi connectivity index (χ4n) is 2.64. The van der Waals surface area contributed by atoms with Crippen molar-refractivity contribution in [2.24, 2.45) is 0 Å². The first kappa shape index (κ1) is 13.1. The van der Waals surface area contributed by atoms with Crippen LogP contribution >= 0.6 is 22.9 Å². The first-order chi connectivity index (χ1) is 9.15. The Morgan fingerprint density at radius 1 is 1.37 bits per heavy atom. The number of hydrogen-bond acceptors (Lipinski definition) is 4. The molecule has 19 heavy (non-hydrogen) atoms. The number of nitrogens with one attached hydrogen (secondary N) is 1. The van der Waals surface area contributed by atoms with E-state index in [1.165, 1.54) is 24.1 Å². The molecule has 0 radical (unpaired) electrons. The lowest BCUT2D eigenvalue weighted by atomic mass is 9.75. The van der Waals surface area contributed by atoms with Crippen molar-refractivity contribution in [2.45, 2.75) is 51.5 Å². The summed E-state index contributed by atoms with van der Waals surface area (Å²) in [5.74, 6) is 0.910. The normalized spacial score (nSPS) is 17.4. The summed E-state index contributed by atoms with van der Waals surface area (Å²) in [6.45, 7) is 4.39. The molecule has 0 aliphatic heterocycles. The largest absolute Gasteiger partial charge is 0.364 e. The molecule has 1 N–H and O–H groups in total. The molecule has 0 spiro atoms. The van der Waals surface area contributed by atoms with Gasteiger partial charge in [0.25, 0.3) is 0 Å². The van der Waals surface area contributed by atoms with E-state index in [1.54, 1.807) is 11.3 Å². The van der Waals surface area contributed by atoms with Crippen LogP contribution in [0.1, 0.15) is 44.4 Å². The van der Waals surface area contributed by atoms with Crippen molar-refractivity contribution in [3.05, 3.63) is 16.2 Å². The highest BCUT2D eigenvalue weighted by Crippen LogP contribution is 2.40. The summed E-state index contributed by atoms with van der Waals surface area (Å²) in [4.78, 5) is 11.1. The standard InChI is InChI=1S/C14H18ClN3S/c1-3-9-8-10-11(16-13(15)17-12(10)19-9)18-14(4-2)6-5-7-14/h8H,3-7H2,1-2H3,(H,16,17,18). The molecule has 1 aliphatic carbocycles. The lowest BCUT2D eigenvalue weighted by Crippen LogP contribution is -2.44. The van der Waals surface area contributed by atoms with E-state index < -0.39 is 0 Å². The Kier molecular flexibility index (Phi) is 3.39. The van der Waals surface area contributed by atoms with Gasteiger partial charge in [0.05, 0.1) is 5.39 Å².